The molecule has 0 aromatic carbocycles. The minimum atomic E-state index is -0.729. The fraction of sp³-hybridized carbons (Fsp3) is 0.859. The summed E-state index contributed by atoms with van der Waals surface area (Å²) in [5.74, 6) is -1.18. The van der Waals surface area contributed by atoms with Crippen LogP contribution in [0.25, 0.3) is 0 Å². The lowest BCUT2D eigenvalue weighted by Crippen LogP contribution is -2.45. The van der Waals surface area contributed by atoms with E-state index in [9.17, 15) is 24.0 Å². The molecule has 0 heterocycles. The molecule has 0 bridgehead atoms. The number of rotatable bonds is 66. The number of nitrogens with one attached hydrogen (secondary N) is 2. The van der Waals surface area contributed by atoms with E-state index in [-0.39, 0.29) is 63.3 Å². The van der Waals surface area contributed by atoms with Gasteiger partial charge < -0.3 is 67.6 Å². The highest BCUT2D eigenvalue weighted by Gasteiger charge is 2.25. The number of carbonyl (C=O) groups excluding carboxylic acids is 5. The molecule has 0 fully saturated rings. The molecular weight excluding hydrogens is 1070 g/mol. The SMILES string of the molecule is CCCCCC/C=C\COC(=O)CCCCCCCOCC(OCCCCCCCC(=O)OC/C=C\CCCCCC)C(=O)N(CCCCCCCC)CCOCCOCCOCCOCCOC(=O)CNCCOC(=O)CNCCOC. The average molecular weight is 1190 g/mol. The van der Waals surface area contributed by atoms with Crippen LogP contribution in [0.5, 0.6) is 0 Å². The standard InChI is InChI=1S/C64H119N3O16/c1-5-8-11-14-17-25-33-43-80-60(68)35-28-21-19-24-31-41-78-58-59(79-42-32-27-20-22-29-36-61(69)81-44-34-26-18-15-12-9-6-2)64(72)67(39-30-23-16-13-10-7-3)40-47-74-48-49-75-50-51-76-52-53-77-54-55-83-63(71)57-66-38-46-82-62(70)56-65-37-45-73-4/h25-26,33-34,59,65-66H,5-24,27-32,35-58H2,1-4H3/b33-25-,34-26-. The highest BCUT2D eigenvalue weighted by Crippen LogP contribution is 2.13. The third-order valence-electron chi connectivity index (χ3n) is 13.3. The molecule has 486 valence electrons. The molecule has 0 aromatic rings. The zero-order valence-electron chi connectivity index (χ0n) is 52.7. The molecule has 83 heavy (non-hydrogen) atoms. The molecule has 0 aliphatic heterocycles. The Morgan fingerprint density at radius 3 is 1.35 bits per heavy atom. The number of amides is 1. The molecule has 0 saturated heterocycles. The lowest BCUT2D eigenvalue weighted by molar-refractivity contribution is -0.149. The van der Waals surface area contributed by atoms with E-state index in [1.807, 2.05) is 17.1 Å². The minimum Gasteiger partial charge on any atom is -0.463 e. The molecule has 0 aliphatic rings. The second kappa shape index (κ2) is 66.0. The van der Waals surface area contributed by atoms with Crippen molar-refractivity contribution in [2.45, 2.75) is 207 Å². The first-order valence-corrected chi connectivity index (χ1v) is 32.4. The Labute approximate surface area is 502 Å². The van der Waals surface area contributed by atoms with Crippen molar-refractivity contribution in [1.29, 1.82) is 0 Å². The number of unbranched alkanes of at least 4 members (excludes halogenated alkanes) is 21. The maximum absolute atomic E-state index is 14.3. The molecule has 19 nitrogen and oxygen atoms in total. The topological polar surface area (TPSA) is 214 Å². The number of hydrogen-bond donors (Lipinski definition) is 2. The van der Waals surface area contributed by atoms with Crippen molar-refractivity contribution in [2.24, 2.45) is 0 Å². The molecule has 1 amide bonds. The number of methoxy groups -OCH3 is 1. The summed E-state index contributed by atoms with van der Waals surface area (Å²) in [5, 5.41) is 5.77. The molecule has 1 unspecified atom stereocenters. The summed E-state index contributed by atoms with van der Waals surface area (Å²) >= 11 is 0. The van der Waals surface area contributed by atoms with Crippen molar-refractivity contribution in [3.63, 3.8) is 0 Å². The molecule has 2 N–H and O–H groups in total. The zero-order chi connectivity index (χ0) is 60.4. The van der Waals surface area contributed by atoms with Gasteiger partial charge in [-0.05, 0) is 57.8 Å². The van der Waals surface area contributed by atoms with Crippen LogP contribution < -0.4 is 10.6 Å². The van der Waals surface area contributed by atoms with Crippen molar-refractivity contribution in [1.82, 2.24) is 15.5 Å². The van der Waals surface area contributed by atoms with E-state index in [4.69, 9.17) is 52.1 Å². The number of ether oxygens (including phenoxy) is 11. The molecule has 1 atom stereocenters. The van der Waals surface area contributed by atoms with Gasteiger partial charge in [0, 0.05) is 59.3 Å². The lowest BCUT2D eigenvalue weighted by atomic mass is 10.1. The van der Waals surface area contributed by atoms with Gasteiger partial charge in [0.2, 0.25) is 0 Å². The van der Waals surface area contributed by atoms with Gasteiger partial charge in [-0.2, -0.15) is 0 Å². The third kappa shape index (κ3) is 60.0. The molecule has 0 saturated carbocycles. The van der Waals surface area contributed by atoms with E-state index in [0.29, 0.717) is 118 Å². The molecule has 19 heteroatoms. The fourth-order valence-electron chi connectivity index (χ4n) is 8.35. The van der Waals surface area contributed by atoms with E-state index in [1.54, 1.807) is 7.11 Å². The largest absolute Gasteiger partial charge is 0.463 e. The summed E-state index contributed by atoms with van der Waals surface area (Å²) in [6.07, 6.45) is 35.8. The van der Waals surface area contributed by atoms with Crippen molar-refractivity contribution in [3.05, 3.63) is 24.3 Å². The average Bonchev–Trinajstić information content (AvgIpc) is 3.52. The van der Waals surface area contributed by atoms with E-state index < -0.39 is 12.1 Å². The lowest BCUT2D eigenvalue weighted by Gasteiger charge is -2.28. The highest BCUT2D eigenvalue weighted by atomic mass is 16.6. The number of esters is 4. The summed E-state index contributed by atoms with van der Waals surface area (Å²) in [6, 6.07) is 0. The van der Waals surface area contributed by atoms with Crippen molar-refractivity contribution in [2.75, 3.05) is 152 Å². The van der Waals surface area contributed by atoms with Crippen LogP contribution in [0.4, 0.5) is 0 Å². The number of allylic oxidation sites excluding steroid dienone is 2. The first kappa shape index (κ1) is 79.5. The van der Waals surface area contributed by atoms with Gasteiger partial charge in [0.15, 0.2) is 6.10 Å². The predicted molar refractivity (Wildman–Crippen MR) is 326 cm³/mol. The molecule has 0 rings (SSSR count). The quantitative estimate of drug-likeness (QED) is 0.0251. The molecule has 0 radical (unpaired) electrons. The smallest absolute Gasteiger partial charge is 0.320 e. The monoisotopic (exact) mass is 1190 g/mol. The Kier molecular flexibility index (Phi) is 63.2. The second-order valence-electron chi connectivity index (χ2n) is 20.8. The van der Waals surface area contributed by atoms with Crippen molar-refractivity contribution >= 4 is 29.8 Å². The van der Waals surface area contributed by atoms with Crippen molar-refractivity contribution < 1.29 is 76.1 Å². The van der Waals surface area contributed by atoms with Gasteiger partial charge in [0.25, 0.3) is 5.91 Å². The van der Waals surface area contributed by atoms with Gasteiger partial charge in [0.1, 0.15) is 26.4 Å². The maximum atomic E-state index is 14.3. The Bertz CT molecular complexity index is 1520. The number of hydrogen-bond acceptors (Lipinski definition) is 18. The van der Waals surface area contributed by atoms with Gasteiger partial charge in [-0.3, -0.25) is 24.0 Å². The van der Waals surface area contributed by atoms with E-state index in [0.717, 1.165) is 96.3 Å². The van der Waals surface area contributed by atoms with E-state index in [1.165, 1.54) is 70.6 Å². The van der Waals surface area contributed by atoms with Crippen LogP contribution in [0.2, 0.25) is 0 Å². The Balaban J connectivity index is 4.82. The van der Waals surface area contributed by atoms with Gasteiger partial charge in [0.05, 0.1) is 79.2 Å². The fourth-order valence-corrected chi connectivity index (χ4v) is 8.35. The van der Waals surface area contributed by atoms with Crippen LogP contribution >= 0.6 is 0 Å². The molecular formula is C64H119N3O16. The van der Waals surface area contributed by atoms with Crippen molar-refractivity contribution in [3.8, 4) is 0 Å². The normalized spacial score (nSPS) is 11.9. The minimum absolute atomic E-state index is 0.00427. The first-order chi connectivity index (χ1) is 40.8. The number of nitrogens with zero attached hydrogens (tertiary/aromatic N) is 1. The second-order valence-corrected chi connectivity index (χ2v) is 20.8. The summed E-state index contributed by atoms with van der Waals surface area (Å²) in [4.78, 5) is 64.1. The van der Waals surface area contributed by atoms with Crippen LogP contribution in [0.3, 0.4) is 0 Å². The highest BCUT2D eigenvalue weighted by molar-refractivity contribution is 5.81. The molecule has 0 aromatic heterocycles. The summed E-state index contributed by atoms with van der Waals surface area (Å²) in [5.41, 5.74) is 0. The zero-order valence-corrected chi connectivity index (χ0v) is 52.7. The van der Waals surface area contributed by atoms with E-state index >= 15 is 0 Å². The van der Waals surface area contributed by atoms with Crippen LogP contribution in [-0.4, -0.2) is 193 Å². The summed E-state index contributed by atoms with van der Waals surface area (Å²) in [7, 11) is 1.59. The maximum Gasteiger partial charge on any atom is 0.320 e. The molecule has 0 aliphatic carbocycles. The van der Waals surface area contributed by atoms with Gasteiger partial charge >= 0.3 is 23.9 Å². The first-order valence-electron chi connectivity index (χ1n) is 32.4. The van der Waals surface area contributed by atoms with Gasteiger partial charge in [-0.25, -0.2) is 0 Å². The third-order valence-corrected chi connectivity index (χ3v) is 13.3. The van der Waals surface area contributed by atoms with E-state index in [2.05, 4.69) is 43.6 Å². The summed E-state index contributed by atoms with van der Waals surface area (Å²) < 4.78 is 61.1. The Morgan fingerprint density at radius 2 is 0.819 bits per heavy atom. The number of carbonyl (C=O) groups is 5. The van der Waals surface area contributed by atoms with Crippen LogP contribution in [0, 0.1) is 0 Å². The predicted octanol–water partition coefficient (Wildman–Crippen LogP) is 10.4. The summed E-state index contributed by atoms with van der Waals surface area (Å²) in [6.45, 7) is 14.1. The van der Waals surface area contributed by atoms with Crippen LogP contribution in [-0.2, 0) is 76.1 Å². The Morgan fingerprint density at radius 1 is 0.386 bits per heavy atom. The van der Waals surface area contributed by atoms with Crippen LogP contribution in [0.1, 0.15) is 201 Å². The molecule has 0 spiro atoms. The van der Waals surface area contributed by atoms with Gasteiger partial charge in [-0.15, -0.1) is 0 Å². The Hall–Kier alpha value is -3.53. The van der Waals surface area contributed by atoms with Gasteiger partial charge in [-0.1, -0.05) is 154 Å². The van der Waals surface area contributed by atoms with Crippen LogP contribution in [0.15, 0.2) is 24.3 Å².